The molecule has 1 aromatic carbocycles. The zero-order chi connectivity index (χ0) is 17.3. The van der Waals surface area contributed by atoms with Gasteiger partial charge in [-0.3, -0.25) is 0 Å². The lowest BCUT2D eigenvalue weighted by molar-refractivity contribution is 0.568. The van der Waals surface area contributed by atoms with Crippen LogP contribution in [-0.2, 0) is 10.8 Å². The van der Waals surface area contributed by atoms with E-state index in [1.807, 2.05) is 18.2 Å². The molecule has 19 heavy (non-hydrogen) atoms. The Hall–Kier alpha value is -1.55. The summed E-state index contributed by atoms with van der Waals surface area (Å²) >= 11 is 0. The van der Waals surface area contributed by atoms with Gasteiger partial charge in [-0.2, -0.15) is 5.26 Å². The minimum atomic E-state index is -2.30. The predicted molar refractivity (Wildman–Crippen MR) is 83.1 cm³/mol. The van der Waals surface area contributed by atoms with Gasteiger partial charge in [-0.25, -0.2) is 0 Å². The van der Waals surface area contributed by atoms with Gasteiger partial charge in [0, 0.05) is 10.2 Å². The number of allylic oxidation sites excluding steroid dienone is 2. The second kappa shape index (κ2) is 5.21. The van der Waals surface area contributed by atoms with Crippen molar-refractivity contribution in [2.24, 2.45) is 0 Å². The van der Waals surface area contributed by atoms with Crippen LogP contribution in [0.4, 0.5) is 0 Å². The van der Waals surface area contributed by atoms with Crippen molar-refractivity contribution >= 4 is 5.57 Å². The van der Waals surface area contributed by atoms with Crippen LogP contribution >= 0.6 is 0 Å². The average Bonchev–Trinajstić information content (AvgIpc) is 2.31. The number of hydrogen-bond acceptors (Lipinski definition) is 1. The maximum Gasteiger partial charge on any atom is 0.0915 e. The van der Waals surface area contributed by atoms with Crippen LogP contribution in [0.15, 0.2) is 24.3 Å². The molecule has 0 fully saturated rings. The van der Waals surface area contributed by atoms with Crippen molar-refractivity contribution in [3.63, 3.8) is 0 Å². The Balaban J connectivity index is 3.68. The molecule has 0 heterocycles. The Morgan fingerprint density at radius 3 is 1.84 bits per heavy atom. The average molecular weight is 259 g/mol. The summed E-state index contributed by atoms with van der Waals surface area (Å²) in [7, 11) is 0. The fourth-order valence-corrected chi connectivity index (χ4v) is 1.80. The topological polar surface area (TPSA) is 23.8 Å². The van der Waals surface area contributed by atoms with E-state index >= 15 is 0 Å². The molecule has 0 bridgehead atoms. The molecule has 0 aliphatic rings. The molecule has 1 heteroatoms. The van der Waals surface area contributed by atoms with Crippen LogP contribution < -0.4 is 0 Å². The summed E-state index contributed by atoms with van der Waals surface area (Å²) in [6, 6.07) is 7.79. The van der Waals surface area contributed by atoms with Gasteiger partial charge < -0.3 is 0 Å². The van der Waals surface area contributed by atoms with Crippen molar-refractivity contribution in [2.45, 2.75) is 59.2 Å². The third-order valence-electron chi connectivity index (χ3n) is 3.18. The standard InChI is InChI=1S/C18H25N/c1-13(8-9-19)14-10-15(17(2,3)4)12-16(11-14)18(5,6)7/h8,10-12H,1-7H3/b13-8+/i1+1D3. The third-order valence-corrected chi connectivity index (χ3v) is 3.18. The van der Waals surface area contributed by atoms with Gasteiger partial charge in [-0.05, 0) is 39.9 Å². The molecule has 0 aliphatic carbocycles. The maximum atomic E-state index is 8.94. The fraction of sp³-hybridized carbons (Fsp3) is 0.500. The van der Waals surface area contributed by atoms with Crippen molar-refractivity contribution in [1.82, 2.24) is 0 Å². The third kappa shape index (κ3) is 3.96. The van der Waals surface area contributed by atoms with E-state index in [4.69, 9.17) is 9.37 Å². The van der Waals surface area contributed by atoms with Crippen LogP contribution in [0.5, 0.6) is 0 Å². The molecular weight excluding hydrogens is 231 g/mol. The highest BCUT2D eigenvalue weighted by Gasteiger charge is 2.20. The van der Waals surface area contributed by atoms with Gasteiger partial charge >= 0.3 is 0 Å². The van der Waals surface area contributed by atoms with Crippen LogP contribution in [0.2, 0.25) is 0 Å². The summed E-state index contributed by atoms with van der Waals surface area (Å²) in [5.74, 6) is 0. The van der Waals surface area contributed by atoms with E-state index in [1.165, 1.54) is 0 Å². The molecule has 1 nitrogen and oxygen atoms in total. The number of nitrogens with zero attached hydrogens (tertiary/aromatic N) is 1. The molecular formula is C18H25N. The number of nitriles is 1. The molecule has 102 valence electrons. The van der Waals surface area contributed by atoms with Crippen molar-refractivity contribution in [2.75, 3.05) is 0 Å². The van der Waals surface area contributed by atoms with E-state index in [9.17, 15) is 0 Å². The van der Waals surface area contributed by atoms with Crippen LogP contribution in [-0.4, -0.2) is 0 Å². The first kappa shape index (κ1) is 11.3. The van der Waals surface area contributed by atoms with Gasteiger partial charge in [0.15, 0.2) is 0 Å². The monoisotopic (exact) mass is 259 g/mol. The molecule has 1 rings (SSSR count). The van der Waals surface area contributed by atoms with Gasteiger partial charge in [0.1, 0.15) is 0 Å². The highest BCUT2D eigenvalue weighted by molar-refractivity contribution is 5.67. The first-order valence-electron chi connectivity index (χ1n) is 8.03. The SMILES string of the molecule is [2H][13C]([2H])([2H])/C(=C\C#N)c1cc(C(C)(C)C)cc(C(C)(C)C)c1. The normalized spacial score (nSPS) is 16.3. The summed E-state index contributed by atoms with van der Waals surface area (Å²) < 4.78 is 23.1. The zero-order valence-corrected chi connectivity index (χ0v) is 12.8. The lowest BCUT2D eigenvalue weighted by Gasteiger charge is -2.26. The van der Waals surface area contributed by atoms with Crippen LogP contribution in [0.25, 0.3) is 5.57 Å². The van der Waals surface area contributed by atoms with Gasteiger partial charge in [-0.15, -0.1) is 0 Å². The van der Waals surface area contributed by atoms with E-state index < -0.39 is 6.85 Å². The Labute approximate surface area is 122 Å². The minimum absolute atomic E-state index is 0.0947. The molecule has 0 aliphatic heterocycles. The van der Waals surface area contributed by atoms with Gasteiger partial charge in [0.25, 0.3) is 0 Å². The lowest BCUT2D eigenvalue weighted by Crippen LogP contribution is -2.16. The first-order valence-corrected chi connectivity index (χ1v) is 6.53. The maximum absolute atomic E-state index is 8.94. The zero-order valence-electron chi connectivity index (χ0n) is 15.8. The minimum Gasteiger partial charge on any atom is -0.193 e. The fourth-order valence-electron chi connectivity index (χ4n) is 1.80. The highest BCUT2D eigenvalue weighted by atomic mass is 14.3. The molecule has 0 N–H and O–H groups in total. The molecule has 0 aromatic heterocycles. The lowest BCUT2D eigenvalue weighted by atomic mass is 9.79. The van der Waals surface area contributed by atoms with Crippen molar-refractivity contribution in [1.29, 1.82) is 5.26 Å². The molecule has 1 aromatic rings. The van der Waals surface area contributed by atoms with Crippen molar-refractivity contribution in [3.8, 4) is 6.07 Å². The van der Waals surface area contributed by atoms with Gasteiger partial charge in [0.05, 0.1) is 6.07 Å². The Morgan fingerprint density at radius 2 is 1.53 bits per heavy atom. The van der Waals surface area contributed by atoms with Gasteiger partial charge in [-0.1, -0.05) is 59.7 Å². The van der Waals surface area contributed by atoms with Crippen molar-refractivity contribution < 1.29 is 4.11 Å². The highest BCUT2D eigenvalue weighted by Crippen LogP contribution is 2.32. The molecule has 0 atom stereocenters. The quantitative estimate of drug-likeness (QED) is 0.502. The summed E-state index contributed by atoms with van der Waals surface area (Å²) in [6.45, 7) is 10.3. The first-order chi connectivity index (χ1) is 9.76. The van der Waals surface area contributed by atoms with Crippen LogP contribution in [0.1, 0.15) is 69.2 Å². The van der Waals surface area contributed by atoms with Gasteiger partial charge in [0.2, 0.25) is 0 Å². The van der Waals surface area contributed by atoms with E-state index in [0.717, 1.165) is 17.2 Å². The summed E-state index contributed by atoms with van der Waals surface area (Å²) in [6.07, 6.45) is 1.14. The summed E-state index contributed by atoms with van der Waals surface area (Å²) in [4.78, 5) is 0. The molecule has 0 radical (unpaired) electrons. The van der Waals surface area contributed by atoms with E-state index in [0.29, 0.717) is 5.56 Å². The van der Waals surface area contributed by atoms with E-state index in [-0.39, 0.29) is 16.4 Å². The largest absolute Gasteiger partial charge is 0.193 e. The number of rotatable bonds is 1. The number of benzene rings is 1. The molecule has 0 saturated heterocycles. The van der Waals surface area contributed by atoms with Crippen molar-refractivity contribution in [3.05, 3.63) is 41.0 Å². The van der Waals surface area contributed by atoms with Crippen LogP contribution in [0.3, 0.4) is 0 Å². The number of hydrogen-bond donors (Lipinski definition) is 0. The smallest absolute Gasteiger partial charge is 0.0915 e. The summed E-state index contributed by atoms with van der Waals surface area (Å²) in [5.41, 5.74) is 2.67. The Bertz CT molecular complexity index is 585. The summed E-state index contributed by atoms with van der Waals surface area (Å²) in [5, 5.41) is 8.94. The second-order valence-electron chi connectivity index (χ2n) is 6.99. The second-order valence-corrected chi connectivity index (χ2v) is 6.99. The predicted octanol–water partition coefficient (Wildman–Crippen LogP) is 5.21. The molecule has 0 spiro atoms. The molecule has 0 saturated carbocycles. The Kier molecular flexibility index (Phi) is 3.10. The van der Waals surface area contributed by atoms with Crippen LogP contribution in [0, 0.1) is 11.3 Å². The molecule has 0 unspecified atom stereocenters. The van der Waals surface area contributed by atoms with E-state index in [1.54, 1.807) is 0 Å². The Morgan fingerprint density at radius 1 is 1.05 bits per heavy atom. The van der Waals surface area contributed by atoms with E-state index in [2.05, 4.69) is 47.6 Å². The molecule has 0 amide bonds.